The van der Waals surface area contributed by atoms with Crippen molar-refractivity contribution < 1.29 is 4.74 Å². The highest BCUT2D eigenvalue weighted by molar-refractivity contribution is 9.10. The number of unbranched alkanes of at least 4 members (excludes halogenated alkanes) is 2. The Balaban J connectivity index is 1.79. The third-order valence-electron chi connectivity index (χ3n) is 4.40. The van der Waals surface area contributed by atoms with E-state index >= 15 is 0 Å². The molecule has 5 heteroatoms. The average molecular weight is 378 g/mol. The minimum absolute atomic E-state index is 0.0664. The fraction of sp³-hybridized carbons (Fsp3) is 0.556. The summed E-state index contributed by atoms with van der Waals surface area (Å²) in [5.41, 5.74) is 2.45. The van der Waals surface area contributed by atoms with Crippen molar-refractivity contribution in [2.24, 2.45) is 0 Å². The van der Waals surface area contributed by atoms with Crippen molar-refractivity contribution in [2.45, 2.75) is 58.1 Å². The van der Waals surface area contributed by atoms with Gasteiger partial charge in [0.15, 0.2) is 5.82 Å². The predicted molar refractivity (Wildman–Crippen MR) is 95.2 cm³/mol. The third kappa shape index (κ3) is 4.01. The lowest BCUT2D eigenvalue weighted by Gasteiger charge is -2.24. The Kier molecular flexibility index (Phi) is 5.84. The topological polar surface area (TPSA) is 39.9 Å². The fourth-order valence-corrected chi connectivity index (χ4v) is 3.63. The van der Waals surface area contributed by atoms with Gasteiger partial charge in [0.25, 0.3) is 0 Å². The molecule has 0 N–H and O–H groups in total. The van der Waals surface area contributed by atoms with Crippen LogP contribution in [0.1, 0.15) is 57.2 Å². The summed E-state index contributed by atoms with van der Waals surface area (Å²) in [4.78, 5) is 0. The van der Waals surface area contributed by atoms with E-state index in [1.165, 1.54) is 31.2 Å². The number of hydrogen-bond acceptors (Lipinski definition) is 3. The van der Waals surface area contributed by atoms with Crippen LogP contribution in [0.15, 0.2) is 29.0 Å². The number of halogens is 1. The Morgan fingerprint density at radius 1 is 1.30 bits per heavy atom. The summed E-state index contributed by atoms with van der Waals surface area (Å²) in [5.74, 6) is 0.887. The molecular weight excluding hydrogens is 354 g/mol. The molecule has 1 unspecified atom stereocenters. The molecule has 1 atom stereocenters. The molecule has 1 aromatic carbocycles. The molecule has 2 heterocycles. The van der Waals surface area contributed by atoms with Crippen LogP contribution in [0.5, 0.6) is 0 Å². The molecule has 1 aromatic heterocycles. The monoisotopic (exact) mass is 377 g/mol. The SMILES string of the molecule is CCCCCc1ccc(-c2nncn2C2CCCCO2)cc1Br. The van der Waals surface area contributed by atoms with Gasteiger partial charge in [0.2, 0.25) is 0 Å². The molecule has 0 spiro atoms. The van der Waals surface area contributed by atoms with Crippen LogP contribution >= 0.6 is 15.9 Å². The van der Waals surface area contributed by atoms with E-state index in [2.05, 4.69) is 55.8 Å². The maximum Gasteiger partial charge on any atom is 0.165 e. The van der Waals surface area contributed by atoms with Gasteiger partial charge >= 0.3 is 0 Å². The summed E-state index contributed by atoms with van der Waals surface area (Å²) in [5, 5.41) is 8.42. The lowest BCUT2D eigenvalue weighted by Crippen LogP contribution is -2.18. The molecule has 2 aromatic rings. The highest BCUT2D eigenvalue weighted by atomic mass is 79.9. The van der Waals surface area contributed by atoms with E-state index in [9.17, 15) is 0 Å². The van der Waals surface area contributed by atoms with E-state index in [0.717, 1.165) is 41.7 Å². The van der Waals surface area contributed by atoms with Gasteiger partial charge in [-0.25, -0.2) is 0 Å². The number of benzene rings is 1. The van der Waals surface area contributed by atoms with E-state index < -0.39 is 0 Å². The number of aromatic nitrogens is 3. The van der Waals surface area contributed by atoms with Crippen LogP contribution in [0, 0.1) is 0 Å². The minimum atomic E-state index is 0.0664. The standard InChI is InChI=1S/C18H24BrN3O/c1-2-3-4-7-14-9-10-15(12-16(14)19)18-21-20-13-22(18)17-8-5-6-11-23-17/h9-10,12-13,17H,2-8,11H2,1H3. The van der Waals surface area contributed by atoms with E-state index in [1.807, 2.05) is 0 Å². The second-order valence-corrected chi connectivity index (χ2v) is 7.00. The lowest BCUT2D eigenvalue weighted by molar-refractivity contribution is -0.0311. The number of hydrogen-bond donors (Lipinski definition) is 0. The van der Waals surface area contributed by atoms with Gasteiger partial charge in [0, 0.05) is 16.6 Å². The third-order valence-corrected chi connectivity index (χ3v) is 5.14. The van der Waals surface area contributed by atoms with Crippen molar-refractivity contribution in [1.29, 1.82) is 0 Å². The quantitative estimate of drug-likeness (QED) is 0.654. The fourth-order valence-electron chi connectivity index (χ4n) is 3.06. The van der Waals surface area contributed by atoms with Crippen molar-refractivity contribution in [1.82, 2.24) is 14.8 Å². The summed E-state index contributed by atoms with van der Waals surface area (Å²) >= 11 is 3.72. The van der Waals surface area contributed by atoms with Crippen molar-refractivity contribution in [3.05, 3.63) is 34.6 Å². The number of rotatable bonds is 6. The molecule has 0 bridgehead atoms. The van der Waals surface area contributed by atoms with Crippen LogP contribution in [0.4, 0.5) is 0 Å². The first-order chi connectivity index (χ1) is 11.3. The van der Waals surface area contributed by atoms with E-state index in [-0.39, 0.29) is 6.23 Å². The second-order valence-electron chi connectivity index (χ2n) is 6.15. The molecule has 4 nitrogen and oxygen atoms in total. The summed E-state index contributed by atoms with van der Waals surface area (Å²) in [6.45, 7) is 3.06. The number of nitrogens with zero attached hydrogens (tertiary/aromatic N) is 3. The van der Waals surface area contributed by atoms with Crippen molar-refractivity contribution in [3.63, 3.8) is 0 Å². The summed E-state index contributed by atoms with van der Waals surface area (Å²) in [6.07, 6.45) is 10.1. The molecule has 1 saturated heterocycles. The van der Waals surface area contributed by atoms with Crippen molar-refractivity contribution >= 4 is 15.9 Å². The normalized spacial score (nSPS) is 18.3. The molecule has 1 aliphatic rings. The Hall–Kier alpha value is -1.20. The Morgan fingerprint density at radius 3 is 2.96 bits per heavy atom. The van der Waals surface area contributed by atoms with Gasteiger partial charge < -0.3 is 4.74 Å². The highest BCUT2D eigenvalue weighted by Gasteiger charge is 2.20. The zero-order chi connectivity index (χ0) is 16.1. The van der Waals surface area contributed by atoms with Crippen LogP contribution in [0.25, 0.3) is 11.4 Å². The van der Waals surface area contributed by atoms with Gasteiger partial charge in [-0.05, 0) is 43.7 Å². The molecule has 1 fully saturated rings. The first-order valence-electron chi connectivity index (χ1n) is 8.59. The minimum Gasteiger partial charge on any atom is -0.358 e. The maximum atomic E-state index is 5.88. The van der Waals surface area contributed by atoms with Crippen molar-refractivity contribution in [3.8, 4) is 11.4 Å². The molecule has 3 rings (SSSR count). The molecule has 0 saturated carbocycles. The number of aryl methyl sites for hydroxylation is 1. The lowest BCUT2D eigenvalue weighted by atomic mass is 10.0. The molecule has 0 aliphatic carbocycles. The molecule has 0 amide bonds. The molecule has 23 heavy (non-hydrogen) atoms. The van der Waals surface area contributed by atoms with E-state index in [4.69, 9.17) is 4.74 Å². The van der Waals surface area contributed by atoms with Crippen LogP contribution in [0.3, 0.4) is 0 Å². The van der Waals surface area contributed by atoms with Gasteiger partial charge in [-0.15, -0.1) is 10.2 Å². The van der Waals surface area contributed by atoms with Crippen LogP contribution < -0.4 is 0 Å². The maximum absolute atomic E-state index is 5.88. The molecule has 124 valence electrons. The molecule has 0 radical (unpaired) electrons. The van der Waals surface area contributed by atoms with Crippen LogP contribution in [-0.2, 0) is 11.2 Å². The Labute approximate surface area is 146 Å². The van der Waals surface area contributed by atoms with Gasteiger partial charge in [-0.3, -0.25) is 4.57 Å². The van der Waals surface area contributed by atoms with Crippen LogP contribution in [0.2, 0.25) is 0 Å². The largest absolute Gasteiger partial charge is 0.358 e. The number of ether oxygens (including phenoxy) is 1. The van der Waals surface area contributed by atoms with E-state index in [1.54, 1.807) is 6.33 Å². The van der Waals surface area contributed by atoms with Gasteiger partial charge in [-0.2, -0.15) is 0 Å². The average Bonchev–Trinajstić information content (AvgIpc) is 3.07. The summed E-state index contributed by atoms with van der Waals surface area (Å²) in [6, 6.07) is 6.51. The first kappa shape index (κ1) is 16.7. The Morgan fingerprint density at radius 2 is 2.22 bits per heavy atom. The van der Waals surface area contributed by atoms with Crippen LogP contribution in [-0.4, -0.2) is 21.4 Å². The highest BCUT2D eigenvalue weighted by Crippen LogP contribution is 2.30. The predicted octanol–water partition coefficient (Wildman–Crippen LogP) is 5.14. The van der Waals surface area contributed by atoms with Gasteiger partial charge in [-0.1, -0.05) is 47.8 Å². The summed E-state index contributed by atoms with van der Waals surface area (Å²) in [7, 11) is 0. The van der Waals surface area contributed by atoms with Gasteiger partial charge in [0.05, 0.1) is 0 Å². The summed E-state index contributed by atoms with van der Waals surface area (Å²) < 4.78 is 9.10. The zero-order valence-corrected chi connectivity index (χ0v) is 15.3. The smallest absolute Gasteiger partial charge is 0.165 e. The zero-order valence-electron chi connectivity index (χ0n) is 13.7. The second kappa shape index (κ2) is 8.06. The molecule has 1 aliphatic heterocycles. The van der Waals surface area contributed by atoms with E-state index in [0.29, 0.717) is 0 Å². The van der Waals surface area contributed by atoms with Gasteiger partial charge in [0.1, 0.15) is 12.6 Å². The Bertz CT molecular complexity index is 635. The molecular formula is C18H24BrN3O. The van der Waals surface area contributed by atoms with Crippen molar-refractivity contribution in [2.75, 3.05) is 6.61 Å². The first-order valence-corrected chi connectivity index (χ1v) is 9.39.